The van der Waals surface area contributed by atoms with Crippen LogP contribution >= 0.6 is 0 Å². The summed E-state index contributed by atoms with van der Waals surface area (Å²) in [7, 11) is 0. The number of hydrogen-bond donors (Lipinski definition) is 0. The SMILES string of the molecule is O=C(C[C@H]1C[C@H]2CC[C@H]1C2)N1CCC[C@@H](c2nc3ccccc3o2)C1. The highest BCUT2D eigenvalue weighted by Crippen LogP contribution is 2.49. The maximum absolute atomic E-state index is 12.9. The number of aromatic nitrogens is 1. The zero-order valence-corrected chi connectivity index (χ0v) is 14.7. The lowest BCUT2D eigenvalue weighted by atomic mass is 9.86. The topological polar surface area (TPSA) is 46.3 Å². The molecule has 1 aliphatic heterocycles. The summed E-state index contributed by atoms with van der Waals surface area (Å²) in [5, 5.41) is 0. The van der Waals surface area contributed by atoms with Gasteiger partial charge in [-0.05, 0) is 62.0 Å². The second-order valence-corrected chi connectivity index (χ2v) is 8.34. The van der Waals surface area contributed by atoms with Crippen LogP contribution in [0.1, 0.15) is 56.8 Å². The van der Waals surface area contributed by atoms with Crippen LogP contribution in [0, 0.1) is 17.8 Å². The van der Waals surface area contributed by atoms with E-state index in [1.807, 2.05) is 24.3 Å². The molecule has 0 radical (unpaired) electrons. The van der Waals surface area contributed by atoms with Gasteiger partial charge in [-0.15, -0.1) is 0 Å². The summed E-state index contributed by atoms with van der Waals surface area (Å²) in [5.74, 6) is 3.79. The number of likely N-dealkylation sites (tertiary alicyclic amines) is 1. The largest absolute Gasteiger partial charge is 0.440 e. The van der Waals surface area contributed by atoms with Gasteiger partial charge in [-0.3, -0.25) is 4.79 Å². The highest BCUT2D eigenvalue weighted by atomic mass is 16.3. The monoisotopic (exact) mass is 338 g/mol. The van der Waals surface area contributed by atoms with Crippen molar-refractivity contribution < 1.29 is 9.21 Å². The first-order chi connectivity index (χ1) is 12.3. The number of hydrogen-bond acceptors (Lipinski definition) is 3. The molecule has 2 heterocycles. The third-order valence-electron chi connectivity index (χ3n) is 6.76. The normalized spacial score (nSPS) is 31.8. The molecule has 25 heavy (non-hydrogen) atoms. The molecule has 4 atom stereocenters. The third kappa shape index (κ3) is 2.86. The molecule has 2 saturated carbocycles. The fourth-order valence-electron chi connectivity index (χ4n) is 5.45. The van der Waals surface area contributed by atoms with E-state index in [0.29, 0.717) is 11.8 Å². The van der Waals surface area contributed by atoms with E-state index in [9.17, 15) is 4.79 Å². The van der Waals surface area contributed by atoms with E-state index in [2.05, 4.69) is 9.88 Å². The second-order valence-electron chi connectivity index (χ2n) is 8.34. The summed E-state index contributed by atoms with van der Waals surface area (Å²) >= 11 is 0. The van der Waals surface area contributed by atoms with E-state index in [0.717, 1.165) is 61.2 Å². The van der Waals surface area contributed by atoms with Crippen LogP contribution in [0.5, 0.6) is 0 Å². The lowest BCUT2D eigenvalue weighted by Gasteiger charge is -2.33. The fraction of sp³-hybridized carbons (Fsp3) is 0.619. The van der Waals surface area contributed by atoms with Crippen molar-refractivity contribution in [1.29, 1.82) is 0 Å². The molecule has 2 aromatic rings. The van der Waals surface area contributed by atoms with E-state index in [4.69, 9.17) is 4.42 Å². The molecular formula is C21H26N2O2. The molecule has 0 N–H and O–H groups in total. The Labute approximate surface area is 148 Å². The summed E-state index contributed by atoms with van der Waals surface area (Å²) in [5.41, 5.74) is 1.77. The molecule has 5 rings (SSSR count). The van der Waals surface area contributed by atoms with Crippen molar-refractivity contribution >= 4 is 17.0 Å². The van der Waals surface area contributed by atoms with Crippen LogP contribution in [0.25, 0.3) is 11.1 Å². The Kier molecular flexibility index (Phi) is 3.79. The van der Waals surface area contributed by atoms with Crippen molar-refractivity contribution in [1.82, 2.24) is 9.88 Å². The number of rotatable bonds is 3. The highest BCUT2D eigenvalue weighted by molar-refractivity contribution is 5.77. The number of piperidine rings is 1. The van der Waals surface area contributed by atoms with Crippen molar-refractivity contribution in [3.8, 4) is 0 Å². The number of nitrogens with zero attached hydrogens (tertiary/aromatic N) is 2. The quantitative estimate of drug-likeness (QED) is 0.835. The van der Waals surface area contributed by atoms with E-state index < -0.39 is 0 Å². The van der Waals surface area contributed by atoms with Crippen LogP contribution < -0.4 is 0 Å². The molecule has 1 amide bonds. The number of carbonyl (C=O) groups is 1. The number of amides is 1. The molecule has 2 aliphatic carbocycles. The van der Waals surface area contributed by atoms with Crippen LogP contribution in [-0.2, 0) is 4.79 Å². The Balaban J connectivity index is 1.26. The molecule has 3 fully saturated rings. The minimum atomic E-state index is 0.241. The molecule has 0 unspecified atom stereocenters. The predicted molar refractivity (Wildman–Crippen MR) is 96.1 cm³/mol. The summed E-state index contributed by atoms with van der Waals surface area (Å²) in [4.78, 5) is 19.6. The first kappa shape index (κ1) is 15.4. The van der Waals surface area contributed by atoms with Gasteiger partial charge in [-0.2, -0.15) is 0 Å². The summed E-state index contributed by atoms with van der Waals surface area (Å²) in [6.45, 7) is 1.67. The molecule has 1 saturated heterocycles. The van der Waals surface area contributed by atoms with Crippen molar-refractivity contribution in [2.75, 3.05) is 13.1 Å². The molecule has 3 aliphatic rings. The van der Waals surface area contributed by atoms with E-state index in [-0.39, 0.29) is 5.92 Å². The lowest BCUT2D eigenvalue weighted by Crippen LogP contribution is -2.40. The maximum atomic E-state index is 12.9. The number of oxazole rings is 1. The van der Waals surface area contributed by atoms with Gasteiger partial charge in [-0.25, -0.2) is 4.98 Å². The number of fused-ring (bicyclic) bond motifs is 3. The Morgan fingerprint density at radius 3 is 2.92 bits per heavy atom. The predicted octanol–water partition coefficient (Wildman–Crippen LogP) is 4.36. The molecular weight excluding hydrogens is 312 g/mol. The van der Waals surface area contributed by atoms with E-state index in [1.165, 1.54) is 25.7 Å². The molecule has 1 aromatic heterocycles. The zero-order chi connectivity index (χ0) is 16.8. The third-order valence-corrected chi connectivity index (χ3v) is 6.76. The molecule has 4 nitrogen and oxygen atoms in total. The number of carbonyl (C=O) groups excluding carboxylic acids is 1. The highest BCUT2D eigenvalue weighted by Gasteiger charge is 2.41. The Bertz CT molecular complexity index is 750. The first-order valence-electron chi connectivity index (χ1n) is 9.89. The Morgan fingerprint density at radius 2 is 2.12 bits per heavy atom. The van der Waals surface area contributed by atoms with Gasteiger partial charge in [0.1, 0.15) is 5.52 Å². The smallest absolute Gasteiger partial charge is 0.222 e. The van der Waals surface area contributed by atoms with Crippen molar-refractivity contribution in [3.63, 3.8) is 0 Å². The average molecular weight is 338 g/mol. The summed E-state index contributed by atoms with van der Waals surface area (Å²) < 4.78 is 5.96. The average Bonchev–Trinajstić information content (AvgIpc) is 3.36. The molecule has 2 bridgehead atoms. The molecule has 132 valence electrons. The number of para-hydroxylation sites is 2. The zero-order valence-electron chi connectivity index (χ0n) is 14.7. The molecule has 1 aromatic carbocycles. The summed E-state index contributed by atoms with van der Waals surface area (Å²) in [6.07, 6.45) is 8.30. The first-order valence-corrected chi connectivity index (χ1v) is 9.89. The molecule has 0 spiro atoms. The van der Waals surface area contributed by atoms with Gasteiger partial charge in [0, 0.05) is 19.5 Å². The fourth-order valence-corrected chi connectivity index (χ4v) is 5.45. The number of benzene rings is 1. The van der Waals surface area contributed by atoms with Crippen LogP contribution in [0.3, 0.4) is 0 Å². The van der Waals surface area contributed by atoms with Gasteiger partial charge >= 0.3 is 0 Å². The van der Waals surface area contributed by atoms with Gasteiger partial charge in [0.05, 0.1) is 5.92 Å². The van der Waals surface area contributed by atoms with Crippen LogP contribution in [0.15, 0.2) is 28.7 Å². The van der Waals surface area contributed by atoms with E-state index in [1.54, 1.807) is 0 Å². The van der Waals surface area contributed by atoms with Crippen LogP contribution in [0.2, 0.25) is 0 Å². The minimum absolute atomic E-state index is 0.241. The Morgan fingerprint density at radius 1 is 1.20 bits per heavy atom. The van der Waals surface area contributed by atoms with Crippen LogP contribution in [0.4, 0.5) is 0 Å². The van der Waals surface area contributed by atoms with Crippen molar-refractivity contribution in [3.05, 3.63) is 30.2 Å². The Hall–Kier alpha value is -1.84. The summed E-state index contributed by atoms with van der Waals surface area (Å²) in [6, 6.07) is 7.92. The maximum Gasteiger partial charge on any atom is 0.222 e. The van der Waals surface area contributed by atoms with E-state index >= 15 is 0 Å². The van der Waals surface area contributed by atoms with Gasteiger partial charge in [-0.1, -0.05) is 18.6 Å². The van der Waals surface area contributed by atoms with Gasteiger partial charge in [0.25, 0.3) is 0 Å². The lowest BCUT2D eigenvalue weighted by molar-refractivity contribution is -0.133. The van der Waals surface area contributed by atoms with Crippen molar-refractivity contribution in [2.45, 2.75) is 50.9 Å². The van der Waals surface area contributed by atoms with Crippen LogP contribution in [-0.4, -0.2) is 28.9 Å². The van der Waals surface area contributed by atoms with Gasteiger partial charge in [0.2, 0.25) is 5.91 Å². The molecule has 4 heteroatoms. The minimum Gasteiger partial charge on any atom is -0.440 e. The van der Waals surface area contributed by atoms with Gasteiger partial charge < -0.3 is 9.32 Å². The second kappa shape index (κ2) is 6.15. The standard InChI is InChI=1S/C21H26N2O2/c24-20(12-17-11-14-7-8-15(17)10-14)23-9-3-4-16(13-23)21-22-18-5-1-2-6-19(18)25-21/h1-2,5-6,14-17H,3-4,7-13H2/t14-,15-,16+,17+/m0/s1. The van der Waals surface area contributed by atoms with Crippen molar-refractivity contribution in [2.24, 2.45) is 17.8 Å². The van der Waals surface area contributed by atoms with Gasteiger partial charge in [0.15, 0.2) is 11.5 Å².